The van der Waals surface area contributed by atoms with Crippen molar-refractivity contribution in [2.45, 2.75) is 44.6 Å². The molecule has 20 heavy (non-hydrogen) atoms. The minimum absolute atomic E-state index is 0.755. The van der Waals surface area contributed by atoms with Gasteiger partial charge in [-0.05, 0) is 37.0 Å². The molecular weight excluding hydrogens is 248 g/mol. The summed E-state index contributed by atoms with van der Waals surface area (Å²) in [5, 5.41) is 0. The number of hydrogen-bond acceptors (Lipinski definition) is 3. The maximum Gasteiger partial charge on any atom is 0.118 e. The molecule has 1 aromatic rings. The van der Waals surface area contributed by atoms with E-state index in [0.29, 0.717) is 0 Å². The molecule has 2 N–H and O–H groups in total. The zero-order valence-electron chi connectivity index (χ0n) is 12.7. The third-order valence-electron chi connectivity index (χ3n) is 4.35. The van der Waals surface area contributed by atoms with Crippen molar-refractivity contribution in [2.75, 3.05) is 26.7 Å². The Morgan fingerprint density at radius 3 is 2.40 bits per heavy atom. The molecule has 0 saturated heterocycles. The first kappa shape index (κ1) is 15.3. The Bertz CT molecular complexity index is 371. The molecule has 3 heteroatoms. The van der Waals surface area contributed by atoms with Crippen molar-refractivity contribution in [1.82, 2.24) is 4.90 Å². The van der Waals surface area contributed by atoms with Gasteiger partial charge in [-0.3, -0.25) is 4.90 Å². The molecule has 2 rings (SSSR count). The first-order valence-electron chi connectivity index (χ1n) is 7.90. The van der Waals surface area contributed by atoms with Crippen LogP contribution in [0.2, 0.25) is 0 Å². The Labute approximate surface area is 123 Å². The molecule has 3 nitrogen and oxygen atoms in total. The molecule has 0 aromatic heterocycles. The lowest BCUT2D eigenvalue weighted by atomic mass is 9.94. The van der Waals surface area contributed by atoms with E-state index in [1.54, 1.807) is 7.11 Å². The maximum atomic E-state index is 5.78. The average Bonchev–Trinajstić information content (AvgIpc) is 2.53. The van der Waals surface area contributed by atoms with Crippen molar-refractivity contribution < 1.29 is 4.74 Å². The maximum absolute atomic E-state index is 5.78. The lowest BCUT2D eigenvalue weighted by Gasteiger charge is -2.34. The molecule has 0 aliphatic heterocycles. The van der Waals surface area contributed by atoms with E-state index in [1.807, 2.05) is 12.1 Å². The first-order chi connectivity index (χ1) is 9.83. The van der Waals surface area contributed by atoms with E-state index in [-0.39, 0.29) is 0 Å². The Balaban J connectivity index is 1.86. The second kappa shape index (κ2) is 8.28. The predicted molar refractivity (Wildman–Crippen MR) is 84.2 cm³/mol. The van der Waals surface area contributed by atoms with Crippen molar-refractivity contribution in [3.8, 4) is 5.75 Å². The van der Waals surface area contributed by atoms with Crippen LogP contribution in [0.5, 0.6) is 5.75 Å². The molecule has 0 bridgehead atoms. The van der Waals surface area contributed by atoms with Crippen LogP contribution in [0, 0.1) is 0 Å². The van der Waals surface area contributed by atoms with Crippen LogP contribution in [-0.4, -0.2) is 37.7 Å². The van der Waals surface area contributed by atoms with Crippen molar-refractivity contribution >= 4 is 0 Å². The number of hydrogen-bond donors (Lipinski definition) is 1. The van der Waals surface area contributed by atoms with Crippen LogP contribution in [0.3, 0.4) is 0 Å². The zero-order valence-corrected chi connectivity index (χ0v) is 12.7. The van der Waals surface area contributed by atoms with Gasteiger partial charge in [0.05, 0.1) is 7.11 Å². The lowest BCUT2D eigenvalue weighted by Crippen LogP contribution is -2.41. The van der Waals surface area contributed by atoms with Crippen molar-refractivity contribution in [2.24, 2.45) is 5.73 Å². The first-order valence-corrected chi connectivity index (χ1v) is 7.90. The summed E-state index contributed by atoms with van der Waals surface area (Å²) in [6.45, 7) is 2.91. The van der Waals surface area contributed by atoms with Gasteiger partial charge < -0.3 is 10.5 Å². The quantitative estimate of drug-likeness (QED) is 0.832. The van der Waals surface area contributed by atoms with Gasteiger partial charge in [0, 0.05) is 25.7 Å². The molecule has 1 saturated carbocycles. The van der Waals surface area contributed by atoms with E-state index in [1.165, 1.54) is 37.7 Å². The van der Waals surface area contributed by atoms with Gasteiger partial charge in [0.2, 0.25) is 0 Å². The molecule has 1 aliphatic rings. The van der Waals surface area contributed by atoms with Crippen molar-refractivity contribution in [3.63, 3.8) is 0 Å². The van der Waals surface area contributed by atoms with Gasteiger partial charge in [0.1, 0.15) is 5.75 Å². The largest absolute Gasteiger partial charge is 0.497 e. The number of nitrogens with zero attached hydrogens (tertiary/aromatic N) is 1. The minimum Gasteiger partial charge on any atom is -0.497 e. The van der Waals surface area contributed by atoms with Gasteiger partial charge in [-0.15, -0.1) is 0 Å². The fourth-order valence-electron chi connectivity index (χ4n) is 3.15. The van der Waals surface area contributed by atoms with E-state index in [2.05, 4.69) is 17.0 Å². The SMILES string of the molecule is COc1ccc(CCN(CCN)C2CCCCC2)cc1. The van der Waals surface area contributed by atoms with Crippen LogP contribution in [0.15, 0.2) is 24.3 Å². The number of nitrogens with two attached hydrogens (primary N) is 1. The summed E-state index contributed by atoms with van der Waals surface area (Å²) in [6, 6.07) is 9.18. The highest BCUT2D eigenvalue weighted by atomic mass is 16.5. The highest BCUT2D eigenvalue weighted by molar-refractivity contribution is 5.27. The Morgan fingerprint density at radius 1 is 1.10 bits per heavy atom. The van der Waals surface area contributed by atoms with E-state index in [4.69, 9.17) is 10.5 Å². The van der Waals surface area contributed by atoms with Gasteiger partial charge in [-0.2, -0.15) is 0 Å². The minimum atomic E-state index is 0.755. The van der Waals surface area contributed by atoms with Crippen LogP contribution >= 0.6 is 0 Å². The van der Waals surface area contributed by atoms with Crippen LogP contribution in [-0.2, 0) is 6.42 Å². The van der Waals surface area contributed by atoms with E-state index < -0.39 is 0 Å². The molecule has 1 fully saturated rings. The second-order valence-corrected chi connectivity index (χ2v) is 5.71. The van der Waals surface area contributed by atoms with E-state index in [9.17, 15) is 0 Å². The summed E-state index contributed by atoms with van der Waals surface area (Å²) in [5.41, 5.74) is 7.16. The standard InChI is InChI=1S/C17H28N2O/c1-20-17-9-7-15(8-10-17)11-13-19(14-12-18)16-5-3-2-4-6-16/h7-10,16H,2-6,11-14,18H2,1H3. The topological polar surface area (TPSA) is 38.5 Å². The molecule has 1 aliphatic carbocycles. The number of benzene rings is 1. The van der Waals surface area contributed by atoms with Crippen molar-refractivity contribution in [3.05, 3.63) is 29.8 Å². The number of rotatable bonds is 7. The molecule has 0 atom stereocenters. The number of ether oxygens (including phenoxy) is 1. The summed E-state index contributed by atoms with van der Waals surface area (Å²) in [5.74, 6) is 0.930. The summed E-state index contributed by atoms with van der Waals surface area (Å²) >= 11 is 0. The molecule has 0 amide bonds. The van der Waals surface area contributed by atoms with E-state index >= 15 is 0 Å². The normalized spacial score (nSPS) is 16.6. The molecule has 0 spiro atoms. The van der Waals surface area contributed by atoms with Gasteiger partial charge in [0.25, 0.3) is 0 Å². The molecular formula is C17H28N2O. The highest BCUT2D eigenvalue weighted by Crippen LogP contribution is 2.22. The number of methoxy groups -OCH3 is 1. The predicted octanol–water partition coefficient (Wildman–Crippen LogP) is 2.83. The van der Waals surface area contributed by atoms with Gasteiger partial charge in [-0.1, -0.05) is 31.4 Å². The monoisotopic (exact) mass is 276 g/mol. The summed E-state index contributed by atoms with van der Waals surface area (Å²) in [4.78, 5) is 2.60. The zero-order chi connectivity index (χ0) is 14.2. The Kier molecular flexibility index (Phi) is 6.34. The molecule has 1 aromatic carbocycles. The van der Waals surface area contributed by atoms with Gasteiger partial charge >= 0.3 is 0 Å². The summed E-state index contributed by atoms with van der Waals surface area (Å²) in [6.07, 6.45) is 7.97. The summed E-state index contributed by atoms with van der Waals surface area (Å²) in [7, 11) is 1.71. The smallest absolute Gasteiger partial charge is 0.118 e. The average molecular weight is 276 g/mol. The molecule has 0 radical (unpaired) electrons. The summed E-state index contributed by atoms with van der Waals surface area (Å²) < 4.78 is 5.20. The fraction of sp³-hybridized carbons (Fsp3) is 0.647. The molecule has 0 heterocycles. The van der Waals surface area contributed by atoms with Crippen LogP contribution in [0.4, 0.5) is 0 Å². The van der Waals surface area contributed by atoms with Gasteiger partial charge in [0.15, 0.2) is 0 Å². The second-order valence-electron chi connectivity index (χ2n) is 5.71. The molecule has 0 unspecified atom stereocenters. The third-order valence-corrected chi connectivity index (χ3v) is 4.35. The Hall–Kier alpha value is -1.06. The Morgan fingerprint density at radius 2 is 1.80 bits per heavy atom. The molecule has 112 valence electrons. The van der Waals surface area contributed by atoms with E-state index in [0.717, 1.165) is 37.8 Å². The highest BCUT2D eigenvalue weighted by Gasteiger charge is 2.20. The van der Waals surface area contributed by atoms with Crippen molar-refractivity contribution in [1.29, 1.82) is 0 Å². The van der Waals surface area contributed by atoms with Crippen LogP contribution in [0.25, 0.3) is 0 Å². The van der Waals surface area contributed by atoms with Crippen LogP contribution in [0.1, 0.15) is 37.7 Å². The lowest BCUT2D eigenvalue weighted by molar-refractivity contribution is 0.162. The third kappa shape index (κ3) is 4.50. The van der Waals surface area contributed by atoms with Crippen LogP contribution < -0.4 is 10.5 Å². The van der Waals surface area contributed by atoms with Gasteiger partial charge in [-0.25, -0.2) is 0 Å². The fourth-order valence-corrected chi connectivity index (χ4v) is 3.15.